The van der Waals surface area contributed by atoms with Crippen molar-refractivity contribution in [3.05, 3.63) is 71.3 Å². The first kappa shape index (κ1) is 19.6. The van der Waals surface area contributed by atoms with Crippen LogP contribution in [0.2, 0.25) is 0 Å². The molecule has 156 valence electrons. The van der Waals surface area contributed by atoms with Gasteiger partial charge in [-0.25, -0.2) is 0 Å². The fourth-order valence-corrected chi connectivity index (χ4v) is 5.49. The number of phenols is 1. The van der Waals surface area contributed by atoms with Crippen molar-refractivity contribution in [2.45, 2.75) is 44.6 Å². The van der Waals surface area contributed by atoms with Gasteiger partial charge in [0.05, 0.1) is 0 Å². The number of allylic oxidation sites excluding steroid dienone is 1. The van der Waals surface area contributed by atoms with Crippen LogP contribution in [0.15, 0.2) is 60.2 Å². The Kier molecular flexibility index (Phi) is 5.47. The molecule has 3 aliphatic rings. The average Bonchev–Trinajstić information content (AvgIpc) is 3.57. The number of fused-ring (bicyclic) bond motifs is 1. The van der Waals surface area contributed by atoms with E-state index in [9.17, 15) is 9.90 Å². The van der Waals surface area contributed by atoms with Crippen molar-refractivity contribution >= 4 is 11.9 Å². The first-order valence-corrected chi connectivity index (χ1v) is 11.5. The number of Topliss-reactive ketones (excluding diaryl/α,β-unsaturated/α-hetero) is 1. The molecular weight excluding hydrogens is 370 g/mol. The zero-order valence-electron chi connectivity index (χ0n) is 17.5. The molecule has 3 nitrogen and oxygen atoms in total. The number of piperidine rings is 1. The average molecular weight is 402 g/mol. The van der Waals surface area contributed by atoms with E-state index in [2.05, 4.69) is 35.2 Å². The summed E-state index contributed by atoms with van der Waals surface area (Å²) < 4.78 is 0. The van der Waals surface area contributed by atoms with Crippen LogP contribution in [-0.2, 0) is 11.2 Å². The summed E-state index contributed by atoms with van der Waals surface area (Å²) in [7, 11) is 0. The molecule has 3 atom stereocenters. The van der Waals surface area contributed by atoms with E-state index in [1.165, 1.54) is 24.9 Å². The quantitative estimate of drug-likeness (QED) is 0.709. The van der Waals surface area contributed by atoms with Crippen LogP contribution >= 0.6 is 0 Å². The van der Waals surface area contributed by atoms with E-state index in [-0.39, 0.29) is 0 Å². The molecule has 5 rings (SSSR count). The number of nitrogens with zero attached hydrogens (tertiary/aromatic N) is 1. The zero-order valence-corrected chi connectivity index (χ0v) is 17.5. The summed E-state index contributed by atoms with van der Waals surface area (Å²) in [6, 6.07) is 18.4. The molecule has 1 saturated heterocycles. The first-order chi connectivity index (χ1) is 14.7. The molecule has 0 aromatic heterocycles. The van der Waals surface area contributed by atoms with Crippen molar-refractivity contribution in [1.29, 1.82) is 0 Å². The molecule has 1 N–H and O–H groups in total. The largest absolute Gasteiger partial charge is 0.508 e. The Morgan fingerprint density at radius 1 is 0.967 bits per heavy atom. The van der Waals surface area contributed by atoms with Crippen molar-refractivity contribution in [2.24, 2.45) is 17.8 Å². The standard InChI is InChI=1S/C27H31NO2/c29-24-10-8-20(9-11-24)15-26-25-16-23(14-19-4-2-1-3-5-19)27(30)17-22(25)12-13-28(26)18-21-6-7-21/h1-5,8-11,14,21-22,25-26,29H,6-7,12-13,15-18H2/b23-14+. The highest BCUT2D eigenvalue weighted by molar-refractivity contribution is 6.00. The normalized spacial score (nSPS) is 28.5. The lowest BCUT2D eigenvalue weighted by Crippen LogP contribution is -2.52. The van der Waals surface area contributed by atoms with Crippen LogP contribution in [0.4, 0.5) is 0 Å². The molecule has 30 heavy (non-hydrogen) atoms. The number of carbonyl (C=O) groups is 1. The predicted octanol–water partition coefficient (Wildman–Crippen LogP) is 5.10. The highest BCUT2D eigenvalue weighted by Gasteiger charge is 2.43. The van der Waals surface area contributed by atoms with Gasteiger partial charge in [0.25, 0.3) is 0 Å². The van der Waals surface area contributed by atoms with Gasteiger partial charge in [0.1, 0.15) is 5.75 Å². The highest BCUT2D eigenvalue weighted by atomic mass is 16.3. The fraction of sp³-hybridized carbons (Fsp3) is 0.444. The van der Waals surface area contributed by atoms with E-state index < -0.39 is 0 Å². The number of hydrogen-bond acceptors (Lipinski definition) is 3. The third kappa shape index (κ3) is 4.37. The van der Waals surface area contributed by atoms with Gasteiger partial charge in [0, 0.05) is 19.0 Å². The molecule has 3 fully saturated rings. The number of phenolic OH excluding ortho intramolecular Hbond substituents is 1. The topological polar surface area (TPSA) is 40.5 Å². The molecule has 1 aliphatic heterocycles. The summed E-state index contributed by atoms with van der Waals surface area (Å²) in [5.41, 5.74) is 3.41. The Morgan fingerprint density at radius 3 is 2.47 bits per heavy atom. The molecule has 0 spiro atoms. The smallest absolute Gasteiger partial charge is 0.159 e. The van der Waals surface area contributed by atoms with Crippen LogP contribution in [0.25, 0.3) is 6.08 Å². The van der Waals surface area contributed by atoms with E-state index >= 15 is 0 Å². The second kappa shape index (κ2) is 8.39. The molecule has 2 saturated carbocycles. The van der Waals surface area contributed by atoms with Gasteiger partial charge in [-0.1, -0.05) is 42.5 Å². The molecule has 1 heterocycles. The van der Waals surface area contributed by atoms with E-state index in [0.29, 0.717) is 35.8 Å². The monoisotopic (exact) mass is 401 g/mol. The van der Waals surface area contributed by atoms with Gasteiger partial charge >= 0.3 is 0 Å². The zero-order chi connectivity index (χ0) is 20.5. The number of aromatic hydroxyl groups is 1. The fourth-order valence-electron chi connectivity index (χ4n) is 5.49. The summed E-state index contributed by atoms with van der Waals surface area (Å²) >= 11 is 0. The lowest BCUT2D eigenvalue weighted by Gasteiger charge is -2.48. The van der Waals surface area contributed by atoms with Gasteiger partial charge in [0.15, 0.2) is 5.78 Å². The van der Waals surface area contributed by atoms with Gasteiger partial charge < -0.3 is 5.11 Å². The summed E-state index contributed by atoms with van der Waals surface area (Å²) in [5.74, 6) is 2.57. The maximum absolute atomic E-state index is 12.9. The molecule has 3 heteroatoms. The molecule has 2 aromatic rings. The predicted molar refractivity (Wildman–Crippen MR) is 120 cm³/mol. The number of hydrogen-bond donors (Lipinski definition) is 1. The van der Waals surface area contributed by atoms with E-state index in [1.54, 1.807) is 12.1 Å². The minimum Gasteiger partial charge on any atom is -0.508 e. The van der Waals surface area contributed by atoms with E-state index in [1.807, 2.05) is 18.2 Å². The molecule has 2 aliphatic carbocycles. The van der Waals surface area contributed by atoms with Gasteiger partial charge in [-0.15, -0.1) is 0 Å². The van der Waals surface area contributed by atoms with Crippen LogP contribution in [0.1, 0.15) is 43.2 Å². The van der Waals surface area contributed by atoms with Crippen molar-refractivity contribution in [3.8, 4) is 5.75 Å². The number of rotatable bonds is 5. The second-order valence-corrected chi connectivity index (χ2v) is 9.50. The third-order valence-electron chi connectivity index (χ3n) is 7.33. The Morgan fingerprint density at radius 2 is 1.73 bits per heavy atom. The molecule has 0 radical (unpaired) electrons. The maximum Gasteiger partial charge on any atom is 0.159 e. The Labute approximate surface area is 179 Å². The van der Waals surface area contributed by atoms with Crippen LogP contribution in [-0.4, -0.2) is 34.9 Å². The minimum atomic E-state index is 0.325. The SMILES string of the molecule is O=C1CC2CCN(CC3CC3)C(Cc3ccc(O)cc3)C2C/C1=C\c1ccccc1. The van der Waals surface area contributed by atoms with Gasteiger partial charge in [0.2, 0.25) is 0 Å². The molecule has 0 amide bonds. The van der Waals surface area contributed by atoms with E-state index in [0.717, 1.165) is 42.9 Å². The summed E-state index contributed by atoms with van der Waals surface area (Å²) in [6.45, 7) is 2.32. The third-order valence-corrected chi connectivity index (χ3v) is 7.33. The Hall–Kier alpha value is -2.39. The molecular formula is C27H31NO2. The number of ketones is 1. The van der Waals surface area contributed by atoms with Gasteiger partial charge in [-0.2, -0.15) is 0 Å². The van der Waals surface area contributed by atoms with Crippen LogP contribution in [0.5, 0.6) is 5.75 Å². The summed E-state index contributed by atoms with van der Waals surface area (Å²) in [4.78, 5) is 15.6. The summed E-state index contributed by atoms with van der Waals surface area (Å²) in [5, 5.41) is 9.68. The number of benzene rings is 2. The molecule has 0 bridgehead atoms. The van der Waals surface area contributed by atoms with Crippen molar-refractivity contribution in [3.63, 3.8) is 0 Å². The van der Waals surface area contributed by atoms with Gasteiger partial charge in [-0.05, 0) is 91.3 Å². The Bertz CT molecular complexity index is 914. The lowest BCUT2D eigenvalue weighted by molar-refractivity contribution is -0.120. The Balaban J connectivity index is 1.41. The number of likely N-dealkylation sites (tertiary alicyclic amines) is 1. The van der Waals surface area contributed by atoms with E-state index in [4.69, 9.17) is 0 Å². The summed E-state index contributed by atoms with van der Waals surface area (Å²) in [6.07, 6.45) is 8.60. The van der Waals surface area contributed by atoms with Crippen molar-refractivity contribution in [1.82, 2.24) is 4.90 Å². The highest BCUT2D eigenvalue weighted by Crippen LogP contribution is 2.43. The van der Waals surface area contributed by atoms with Crippen LogP contribution < -0.4 is 0 Å². The van der Waals surface area contributed by atoms with Crippen LogP contribution in [0.3, 0.4) is 0 Å². The number of carbonyl (C=O) groups excluding carboxylic acids is 1. The second-order valence-electron chi connectivity index (χ2n) is 9.50. The molecule has 3 unspecified atom stereocenters. The first-order valence-electron chi connectivity index (χ1n) is 11.5. The minimum absolute atomic E-state index is 0.325. The van der Waals surface area contributed by atoms with Crippen molar-refractivity contribution < 1.29 is 9.90 Å². The van der Waals surface area contributed by atoms with Crippen molar-refractivity contribution in [2.75, 3.05) is 13.1 Å². The van der Waals surface area contributed by atoms with Gasteiger partial charge in [-0.3, -0.25) is 9.69 Å². The van der Waals surface area contributed by atoms with Crippen LogP contribution in [0, 0.1) is 17.8 Å². The maximum atomic E-state index is 12.9. The molecule has 2 aromatic carbocycles. The lowest BCUT2D eigenvalue weighted by atomic mass is 9.67.